The number of nitrogens with zero attached hydrogens (tertiary/aromatic N) is 3. The van der Waals surface area contributed by atoms with Crippen LogP contribution in [0.5, 0.6) is 11.5 Å². The number of H-pyrrole nitrogens is 1. The van der Waals surface area contributed by atoms with Gasteiger partial charge in [-0.15, -0.1) is 0 Å². The zero-order valence-corrected chi connectivity index (χ0v) is 15.0. The van der Waals surface area contributed by atoms with Crippen molar-refractivity contribution in [3.63, 3.8) is 0 Å². The van der Waals surface area contributed by atoms with Gasteiger partial charge in [-0.25, -0.2) is 5.10 Å². The fourth-order valence-electron chi connectivity index (χ4n) is 2.43. The molecule has 0 amide bonds. The maximum Gasteiger partial charge on any atom is 0.216 e. The highest BCUT2D eigenvalue weighted by molar-refractivity contribution is 7.71. The summed E-state index contributed by atoms with van der Waals surface area (Å²) < 4.78 is 12.6. The maximum atomic E-state index is 5.31. The summed E-state index contributed by atoms with van der Waals surface area (Å²) in [7, 11) is 3.20. The lowest BCUT2D eigenvalue weighted by Crippen LogP contribution is -1.96. The molecule has 0 saturated carbocycles. The van der Waals surface area contributed by atoms with Crippen molar-refractivity contribution in [2.75, 3.05) is 14.2 Å². The lowest BCUT2D eigenvalue weighted by molar-refractivity contribution is 0.355. The molecule has 0 fully saturated rings. The van der Waals surface area contributed by atoms with Crippen molar-refractivity contribution in [2.24, 2.45) is 5.10 Å². The molecule has 1 heterocycles. The number of benzene rings is 2. The van der Waals surface area contributed by atoms with Gasteiger partial charge in [-0.3, -0.25) is 0 Å². The predicted molar refractivity (Wildman–Crippen MR) is 100 cm³/mol. The second-order valence-corrected chi connectivity index (χ2v) is 5.78. The Hall–Kier alpha value is -2.93. The van der Waals surface area contributed by atoms with Gasteiger partial charge >= 0.3 is 0 Å². The molecule has 6 nitrogen and oxygen atoms in total. The summed E-state index contributed by atoms with van der Waals surface area (Å²) in [5.41, 5.74) is 2.94. The monoisotopic (exact) mass is 354 g/mol. The highest BCUT2D eigenvalue weighted by Crippen LogP contribution is 2.27. The minimum absolute atomic E-state index is 0.424. The van der Waals surface area contributed by atoms with E-state index in [0.29, 0.717) is 22.1 Å². The highest BCUT2D eigenvalue weighted by Gasteiger charge is 2.08. The fraction of sp³-hybridized carbons (Fsp3) is 0.167. The summed E-state index contributed by atoms with van der Waals surface area (Å²) in [6.07, 6.45) is 1.70. The zero-order valence-electron chi connectivity index (χ0n) is 14.2. The molecule has 0 bridgehead atoms. The third-order valence-electron chi connectivity index (χ3n) is 3.66. The van der Waals surface area contributed by atoms with Crippen molar-refractivity contribution in [3.8, 4) is 22.9 Å². The van der Waals surface area contributed by atoms with Gasteiger partial charge in [-0.2, -0.15) is 14.9 Å². The van der Waals surface area contributed by atoms with E-state index in [4.69, 9.17) is 21.7 Å². The van der Waals surface area contributed by atoms with Crippen molar-refractivity contribution in [1.82, 2.24) is 14.9 Å². The average molecular weight is 354 g/mol. The Morgan fingerprint density at radius 3 is 2.64 bits per heavy atom. The van der Waals surface area contributed by atoms with Gasteiger partial charge in [0, 0.05) is 5.56 Å². The van der Waals surface area contributed by atoms with Gasteiger partial charge in [0.2, 0.25) is 4.77 Å². The van der Waals surface area contributed by atoms with Crippen LogP contribution in [0.15, 0.2) is 47.6 Å². The number of methoxy groups -OCH3 is 2. The Kier molecular flexibility index (Phi) is 4.95. The maximum absolute atomic E-state index is 5.31. The van der Waals surface area contributed by atoms with E-state index in [0.717, 1.165) is 16.7 Å². The second-order valence-electron chi connectivity index (χ2n) is 5.39. The fourth-order valence-corrected chi connectivity index (χ4v) is 2.61. The molecule has 0 saturated heterocycles. The van der Waals surface area contributed by atoms with Crippen LogP contribution in [0.25, 0.3) is 11.4 Å². The normalized spacial score (nSPS) is 11.0. The lowest BCUT2D eigenvalue weighted by atomic mass is 10.1. The number of rotatable bonds is 5. The first-order valence-electron chi connectivity index (χ1n) is 7.63. The van der Waals surface area contributed by atoms with E-state index in [9.17, 15) is 0 Å². The van der Waals surface area contributed by atoms with Gasteiger partial charge in [0.05, 0.1) is 20.4 Å². The van der Waals surface area contributed by atoms with Crippen LogP contribution in [0.4, 0.5) is 0 Å². The molecule has 25 heavy (non-hydrogen) atoms. The van der Waals surface area contributed by atoms with E-state index in [1.807, 2.05) is 49.4 Å². The van der Waals surface area contributed by atoms with Crippen LogP contribution in [0.2, 0.25) is 0 Å². The molecule has 0 radical (unpaired) electrons. The zero-order chi connectivity index (χ0) is 17.8. The molecule has 3 rings (SSSR count). The van der Waals surface area contributed by atoms with Crippen LogP contribution in [0.1, 0.15) is 11.1 Å². The largest absolute Gasteiger partial charge is 0.493 e. The SMILES string of the molecule is COc1ccc(/C=N/n2c(-c3cccc(C)c3)n[nH]c2=S)cc1OC. The van der Waals surface area contributed by atoms with Crippen LogP contribution in [0.3, 0.4) is 0 Å². The summed E-state index contributed by atoms with van der Waals surface area (Å²) in [5.74, 6) is 1.96. The Morgan fingerprint density at radius 1 is 1.12 bits per heavy atom. The molecule has 128 valence electrons. The third-order valence-corrected chi connectivity index (χ3v) is 3.92. The number of aryl methyl sites for hydroxylation is 1. The topological polar surface area (TPSA) is 64.4 Å². The number of aromatic amines is 1. The lowest BCUT2D eigenvalue weighted by Gasteiger charge is -2.07. The van der Waals surface area contributed by atoms with Gasteiger partial charge in [0.15, 0.2) is 17.3 Å². The smallest absolute Gasteiger partial charge is 0.216 e. The van der Waals surface area contributed by atoms with Crippen molar-refractivity contribution < 1.29 is 9.47 Å². The number of hydrogen-bond acceptors (Lipinski definition) is 5. The molecular formula is C18H18N4O2S. The summed E-state index contributed by atoms with van der Waals surface area (Å²) in [6.45, 7) is 2.03. The van der Waals surface area contributed by atoms with Crippen LogP contribution < -0.4 is 9.47 Å². The van der Waals surface area contributed by atoms with Crippen LogP contribution in [0, 0.1) is 11.7 Å². The summed E-state index contributed by atoms with van der Waals surface area (Å²) >= 11 is 5.30. The second kappa shape index (κ2) is 7.31. The minimum atomic E-state index is 0.424. The number of aromatic nitrogens is 3. The van der Waals surface area contributed by atoms with Gasteiger partial charge in [0.25, 0.3) is 0 Å². The summed E-state index contributed by atoms with van der Waals surface area (Å²) in [5, 5.41) is 11.5. The van der Waals surface area contributed by atoms with E-state index < -0.39 is 0 Å². The first-order chi connectivity index (χ1) is 12.1. The molecule has 0 aliphatic carbocycles. The van der Waals surface area contributed by atoms with Gasteiger partial charge in [-0.05, 0) is 49.0 Å². The third kappa shape index (κ3) is 3.61. The summed E-state index contributed by atoms with van der Waals surface area (Å²) in [4.78, 5) is 0. The van der Waals surface area contributed by atoms with Crippen LogP contribution in [-0.4, -0.2) is 35.3 Å². The first kappa shape index (κ1) is 16.9. The standard InChI is InChI=1S/C18H18N4O2S/c1-12-5-4-6-14(9-12)17-20-21-18(25)22(17)19-11-13-7-8-15(23-2)16(10-13)24-3/h4-11H,1-3H3,(H,21,25)/b19-11+. The molecule has 0 aliphatic rings. The minimum Gasteiger partial charge on any atom is -0.493 e. The molecule has 1 N–H and O–H groups in total. The van der Waals surface area contributed by atoms with Gasteiger partial charge in [-0.1, -0.05) is 23.8 Å². The van der Waals surface area contributed by atoms with E-state index in [1.54, 1.807) is 25.1 Å². The molecule has 0 atom stereocenters. The van der Waals surface area contributed by atoms with Crippen molar-refractivity contribution >= 4 is 18.4 Å². The van der Waals surface area contributed by atoms with E-state index in [-0.39, 0.29) is 0 Å². The Balaban J connectivity index is 1.97. The molecule has 0 spiro atoms. The predicted octanol–water partition coefficient (Wildman–Crippen LogP) is 3.82. The van der Waals surface area contributed by atoms with E-state index in [1.165, 1.54) is 0 Å². The first-order valence-corrected chi connectivity index (χ1v) is 8.04. The molecule has 7 heteroatoms. The molecule has 2 aromatic carbocycles. The molecule has 3 aromatic rings. The van der Waals surface area contributed by atoms with Crippen molar-refractivity contribution in [3.05, 3.63) is 58.4 Å². The summed E-state index contributed by atoms with van der Waals surface area (Å²) in [6, 6.07) is 13.6. The van der Waals surface area contributed by atoms with Crippen molar-refractivity contribution in [1.29, 1.82) is 0 Å². The quantitative estimate of drug-likeness (QED) is 0.559. The van der Waals surface area contributed by atoms with Gasteiger partial charge < -0.3 is 9.47 Å². The van der Waals surface area contributed by atoms with Crippen LogP contribution in [-0.2, 0) is 0 Å². The Morgan fingerprint density at radius 2 is 1.92 bits per heavy atom. The van der Waals surface area contributed by atoms with Crippen molar-refractivity contribution in [2.45, 2.75) is 6.92 Å². The molecular weight excluding hydrogens is 336 g/mol. The number of hydrogen-bond donors (Lipinski definition) is 1. The van der Waals surface area contributed by atoms with E-state index in [2.05, 4.69) is 15.3 Å². The van der Waals surface area contributed by atoms with E-state index >= 15 is 0 Å². The highest BCUT2D eigenvalue weighted by atomic mass is 32.1. The average Bonchev–Trinajstić information content (AvgIpc) is 3.00. The molecule has 1 aromatic heterocycles. The molecule has 0 unspecified atom stereocenters. The number of nitrogens with one attached hydrogen (secondary N) is 1. The number of ether oxygens (including phenoxy) is 2. The van der Waals surface area contributed by atoms with Crippen LogP contribution >= 0.6 is 12.2 Å². The van der Waals surface area contributed by atoms with Gasteiger partial charge in [0.1, 0.15) is 0 Å². The Bertz CT molecular complexity index is 975. The molecule has 0 aliphatic heterocycles. The Labute approximate surface area is 150 Å².